The number of aromatic carboxylic acids is 1. The lowest BCUT2D eigenvalue weighted by Crippen LogP contribution is -2.04. The van der Waals surface area contributed by atoms with Crippen molar-refractivity contribution in [1.82, 2.24) is 0 Å². The van der Waals surface area contributed by atoms with Gasteiger partial charge in [0.05, 0.1) is 15.7 Å². The van der Waals surface area contributed by atoms with Gasteiger partial charge in [0, 0.05) is 12.6 Å². The Balaban J connectivity index is 2.15. The summed E-state index contributed by atoms with van der Waals surface area (Å²) < 4.78 is 26.8. The maximum absolute atomic E-state index is 13.5. The summed E-state index contributed by atoms with van der Waals surface area (Å²) in [6.45, 7) is 0.232. The SMILES string of the molecule is O=C(O)c1cccc(CNc2cc(Br)c(F)cc2F)c1. The van der Waals surface area contributed by atoms with Gasteiger partial charge in [-0.05, 0) is 39.7 Å². The van der Waals surface area contributed by atoms with E-state index in [1.165, 1.54) is 18.2 Å². The molecule has 3 nitrogen and oxygen atoms in total. The van der Waals surface area contributed by atoms with E-state index in [4.69, 9.17) is 5.11 Å². The molecule has 2 aromatic rings. The Bertz CT molecular complexity index is 662. The first-order valence-electron chi connectivity index (χ1n) is 5.68. The highest BCUT2D eigenvalue weighted by Gasteiger charge is 2.08. The number of nitrogens with one attached hydrogen (secondary N) is 1. The molecule has 6 heteroatoms. The van der Waals surface area contributed by atoms with Crippen molar-refractivity contribution in [2.24, 2.45) is 0 Å². The third-order valence-electron chi connectivity index (χ3n) is 2.67. The van der Waals surface area contributed by atoms with Crippen LogP contribution in [0.3, 0.4) is 0 Å². The maximum Gasteiger partial charge on any atom is 0.335 e. The van der Waals surface area contributed by atoms with Crippen LogP contribution in [0, 0.1) is 11.6 Å². The van der Waals surface area contributed by atoms with E-state index in [9.17, 15) is 13.6 Å². The van der Waals surface area contributed by atoms with Crippen molar-refractivity contribution in [1.29, 1.82) is 0 Å². The van der Waals surface area contributed by atoms with Crippen molar-refractivity contribution < 1.29 is 18.7 Å². The third kappa shape index (κ3) is 3.33. The van der Waals surface area contributed by atoms with E-state index in [0.29, 0.717) is 5.56 Å². The van der Waals surface area contributed by atoms with E-state index in [1.54, 1.807) is 12.1 Å². The molecule has 0 saturated heterocycles. The second-order valence-corrected chi connectivity index (χ2v) is 4.96. The van der Waals surface area contributed by atoms with E-state index in [-0.39, 0.29) is 22.3 Å². The van der Waals surface area contributed by atoms with E-state index in [2.05, 4.69) is 21.2 Å². The van der Waals surface area contributed by atoms with E-state index < -0.39 is 17.6 Å². The van der Waals surface area contributed by atoms with Crippen LogP contribution in [0.2, 0.25) is 0 Å². The smallest absolute Gasteiger partial charge is 0.335 e. The molecule has 0 radical (unpaired) electrons. The summed E-state index contributed by atoms with van der Waals surface area (Å²) in [4.78, 5) is 10.8. The van der Waals surface area contributed by atoms with Crippen LogP contribution in [0.4, 0.5) is 14.5 Å². The minimum Gasteiger partial charge on any atom is -0.478 e. The van der Waals surface area contributed by atoms with Gasteiger partial charge in [-0.25, -0.2) is 13.6 Å². The Morgan fingerprint density at radius 3 is 2.65 bits per heavy atom. The predicted octanol–water partition coefficient (Wildman–Crippen LogP) is 4.04. The fraction of sp³-hybridized carbons (Fsp3) is 0.0714. The molecule has 0 bridgehead atoms. The fourth-order valence-corrected chi connectivity index (χ4v) is 2.01. The van der Waals surface area contributed by atoms with Crippen LogP contribution >= 0.6 is 15.9 Å². The molecule has 20 heavy (non-hydrogen) atoms. The van der Waals surface area contributed by atoms with Gasteiger partial charge in [-0.1, -0.05) is 12.1 Å². The predicted molar refractivity (Wildman–Crippen MR) is 74.8 cm³/mol. The molecular formula is C14H10BrF2NO2. The standard InChI is InChI=1S/C14H10BrF2NO2/c15-10-5-13(12(17)6-11(10)16)18-7-8-2-1-3-9(4-8)14(19)20/h1-6,18H,7H2,(H,19,20). The first kappa shape index (κ1) is 14.5. The fourth-order valence-electron chi connectivity index (χ4n) is 1.67. The minimum absolute atomic E-state index is 0.138. The topological polar surface area (TPSA) is 49.3 Å². The highest BCUT2D eigenvalue weighted by molar-refractivity contribution is 9.10. The van der Waals surface area contributed by atoms with Gasteiger partial charge in [-0.2, -0.15) is 0 Å². The van der Waals surface area contributed by atoms with E-state index in [0.717, 1.165) is 6.07 Å². The molecule has 0 atom stereocenters. The number of hydrogen-bond donors (Lipinski definition) is 2. The average molecular weight is 342 g/mol. The number of rotatable bonds is 4. The molecule has 0 saturated carbocycles. The molecule has 2 aromatic carbocycles. The van der Waals surface area contributed by atoms with Crippen molar-refractivity contribution in [2.75, 3.05) is 5.32 Å². The Morgan fingerprint density at radius 2 is 1.95 bits per heavy atom. The molecule has 0 aliphatic carbocycles. The van der Waals surface area contributed by atoms with Gasteiger partial charge in [0.25, 0.3) is 0 Å². The zero-order chi connectivity index (χ0) is 14.7. The van der Waals surface area contributed by atoms with Crippen LogP contribution in [-0.4, -0.2) is 11.1 Å². The van der Waals surface area contributed by atoms with Crippen LogP contribution < -0.4 is 5.32 Å². The molecule has 0 amide bonds. The third-order valence-corrected chi connectivity index (χ3v) is 3.27. The van der Waals surface area contributed by atoms with Crippen LogP contribution in [-0.2, 0) is 6.54 Å². The van der Waals surface area contributed by atoms with Crippen molar-refractivity contribution in [3.8, 4) is 0 Å². The van der Waals surface area contributed by atoms with Gasteiger partial charge in [0.2, 0.25) is 0 Å². The number of carboxylic acid groups (broad SMARTS) is 1. The summed E-state index contributed by atoms with van der Waals surface area (Å²) in [5.74, 6) is -2.41. The number of halogens is 3. The number of benzene rings is 2. The molecule has 0 aliphatic rings. The van der Waals surface area contributed by atoms with E-state index >= 15 is 0 Å². The number of hydrogen-bond acceptors (Lipinski definition) is 2. The van der Waals surface area contributed by atoms with Gasteiger partial charge >= 0.3 is 5.97 Å². The van der Waals surface area contributed by atoms with Crippen molar-refractivity contribution in [3.63, 3.8) is 0 Å². The maximum atomic E-state index is 13.5. The Morgan fingerprint density at radius 1 is 1.20 bits per heavy atom. The van der Waals surface area contributed by atoms with Crippen LogP contribution in [0.25, 0.3) is 0 Å². The van der Waals surface area contributed by atoms with Gasteiger partial charge in [0.15, 0.2) is 0 Å². The Kier molecular flexibility index (Phi) is 4.34. The first-order chi connectivity index (χ1) is 9.47. The molecule has 0 spiro atoms. The van der Waals surface area contributed by atoms with Gasteiger partial charge in [-0.3, -0.25) is 0 Å². The molecular weight excluding hydrogens is 332 g/mol. The summed E-state index contributed by atoms with van der Waals surface area (Å²) in [7, 11) is 0. The van der Waals surface area contributed by atoms with Gasteiger partial charge in [0.1, 0.15) is 11.6 Å². The molecule has 0 heterocycles. The Hall–Kier alpha value is -1.95. The van der Waals surface area contributed by atoms with Crippen molar-refractivity contribution >= 4 is 27.6 Å². The quantitative estimate of drug-likeness (QED) is 0.825. The van der Waals surface area contributed by atoms with Crippen molar-refractivity contribution in [2.45, 2.75) is 6.54 Å². The molecule has 0 aromatic heterocycles. The molecule has 104 valence electrons. The number of anilines is 1. The minimum atomic E-state index is -1.03. The monoisotopic (exact) mass is 341 g/mol. The zero-order valence-corrected chi connectivity index (χ0v) is 11.7. The number of carboxylic acids is 1. The normalized spacial score (nSPS) is 10.3. The average Bonchev–Trinajstić information content (AvgIpc) is 2.41. The van der Waals surface area contributed by atoms with E-state index in [1.807, 2.05) is 0 Å². The lowest BCUT2D eigenvalue weighted by atomic mass is 10.1. The first-order valence-corrected chi connectivity index (χ1v) is 6.47. The van der Waals surface area contributed by atoms with Crippen LogP contribution in [0.15, 0.2) is 40.9 Å². The second kappa shape index (κ2) is 6.00. The lowest BCUT2D eigenvalue weighted by molar-refractivity contribution is 0.0696. The molecule has 0 aliphatic heterocycles. The molecule has 2 N–H and O–H groups in total. The van der Waals surface area contributed by atoms with Crippen molar-refractivity contribution in [3.05, 3.63) is 63.6 Å². The highest BCUT2D eigenvalue weighted by atomic mass is 79.9. The molecule has 2 rings (SSSR count). The summed E-state index contributed by atoms with van der Waals surface area (Å²) in [5, 5.41) is 11.7. The number of carbonyl (C=O) groups is 1. The molecule has 0 unspecified atom stereocenters. The van der Waals surface area contributed by atoms with Gasteiger partial charge in [-0.15, -0.1) is 0 Å². The second-order valence-electron chi connectivity index (χ2n) is 4.11. The zero-order valence-electron chi connectivity index (χ0n) is 10.2. The Labute approximate surface area is 122 Å². The highest BCUT2D eigenvalue weighted by Crippen LogP contribution is 2.24. The van der Waals surface area contributed by atoms with Gasteiger partial charge < -0.3 is 10.4 Å². The lowest BCUT2D eigenvalue weighted by Gasteiger charge is -2.09. The largest absolute Gasteiger partial charge is 0.478 e. The summed E-state index contributed by atoms with van der Waals surface area (Å²) in [5.41, 5.74) is 0.980. The summed E-state index contributed by atoms with van der Waals surface area (Å²) in [6.07, 6.45) is 0. The van der Waals surface area contributed by atoms with Crippen LogP contribution in [0.5, 0.6) is 0 Å². The summed E-state index contributed by atoms with van der Waals surface area (Å²) in [6, 6.07) is 8.37. The summed E-state index contributed by atoms with van der Waals surface area (Å²) >= 11 is 2.98. The van der Waals surface area contributed by atoms with Crippen LogP contribution in [0.1, 0.15) is 15.9 Å². The molecule has 0 fully saturated rings.